The van der Waals surface area contributed by atoms with Crippen molar-refractivity contribution in [3.63, 3.8) is 0 Å². The number of carbonyl (C=O) groups is 1. The normalized spacial score (nSPS) is 29.0. The molecule has 1 aliphatic carbocycles. The third-order valence-corrected chi connectivity index (χ3v) is 4.86. The molecule has 20 heavy (non-hydrogen) atoms. The highest BCUT2D eigenvalue weighted by Crippen LogP contribution is 2.44. The van der Waals surface area contributed by atoms with Crippen molar-refractivity contribution in [2.75, 3.05) is 18.4 Å². The molecule has 4 heteroatoms. The van der Waals surface area contributed by atoms with E-state index in [4.69, 9.17) is 0 Å². The smallest absolute Gasteiger partial charge is 0.232 e. The molecule has 0 unspecified atom stereocenters. The Kier molecular flexibility index (Phi) is 3.50. The summed E-state index contributed by atoms with van der Waals surface area (Å²) in [6, 6.07) is 4.82. The molecule has 1 aliphatic heterocycles. The van der Waals surface area contributed by atoms with Crippen molar-refractivity contribution in [2.24, 2.45) is 11.3 Å². The third kappa shape index (κ3) is 2.22. The van der Waals surface area contributed by atoms with Gasteiger partial charge in [-0.1, -0.05) is 18.9 Å². The van der Waals surface area contributed by atoms with Gasteiger partial charge < -0.3 is 10.6 Å². The summed E-state index contributed by atoms with van der Waals surface area (Å²) in [6.45, 7) is 3.52. The van der Waals surface area contributed by atoms with E-state index in [1.54, 1.807) is 12.1 Å². The van der Waals surface area contributed by atoms with E-state index in [-0.39, 0.29) is 17.1 Å². The fourth-order valence-corrected chi connectivity index (χ4v) is 3.67. The van der Waals surface area contributed by atoms with Crippen LogP contribution in [0.5, 0.6) is 0 Å². The molecule has 1 aromatic carbocycles. The topological polar surface area (TPSA) is 41.1 Å². The predicted octanol–water partition coefficient (Wildman–Crippen LogP) is 2.85. The van der Waals surface area contributed by atoms with E-state index in [9.17, 15) is 9.18 Å². The molecule has 2 N–H and O–H groups in total. The maximum atomic E-state index is 13.8. The van der Waals surface area contributed by atoms with Gasteiger partial charge in [0.25, 0.3) is 0 Å². The summed E-state index contributed by atoms with van der Waals surface area (Å²) in [5.74, 6) is 0.0134. The van der Waals surface area contributed by atoms with Gasteiger partial charge in [0.05, 0.1) is 11.1 Å². The SMILES string of the molecule is Cc1ccc(F)c(NC(=O)[C@@]23CCCC[C@H]2CNC3)c1. The second-order valence-electron chi connectivity index (χ2n) is 6.17. The molecule has 2 fully saturated rings. The number of amides is 1. The lowest BCUT2D eigenvalue weighted by atomic mass is 9.67. The summed E-state index contributed by atoms with van der Waals surface area (Å²) in [6.07, 6.45) is 4.28. The predicted molar refractivity (Wildman–Crippen MR) is 77.0 cm³/mol. The van der Waals surface area contributed by atoms with Crippen molar-refractivity contribution >= 4 is 11.6 Å². The lowest BCUT2D eigenvalue weighted by Crippen LogP contribution is -2.44. The van der Waals surface area contributed by atoms with E-state index < -0.39 is 0 Å². The van der Waals surface area contributed by atoms with E-state index in [0.717, 1.165) is 37.9 Å². The van der Waals surface area contributed by atoms with E-state index in [2.05, 4.69) is 10.6 Å². The maximum absolute atomic E-state index is 13.8. The van der Waals surface area contributed by atoms with Crippen LogP contribution in [0.3, 0.4) is 0 Å². The van der Waals surface area contributed by atoms with Crippen molar-refractivity contribution in [3.8, 4) is 0 Å². The Morgan fingerprint density at radius 2 is 2.30 bits per heavy atom. The summed E-state index contributed by atoms with van der Waals surface area (Å²) >= 11 is 0. The molecule has 3 nitrogen and oxygen atoms in total. The number of anilines is 1. The van der Waals surface area contributed by atoms with Crippen LogP contribution >= 0.6 is 0 Å². The van der Waals surface area contributed by atoms with Gasteiger partial charge in [0.2, 0.25) is 5.91 Å². The number of hydrogen-bond acceptors (Lipinski definition) is 2. The molecule has 1 amide bonds. The Balaban J connectivity index is 1.83. The highest BCUT2D eigenvalue weighted by Gasteiger charge is 2.49. The number of nitrogens with one attached hydrogen (secondary N) is 2. The van der Waals surface area contributed by atoms with Gasteiger partial charge in [-0.15, -0.1) is 0 Å². The van der Waals surface area contributed by atoms with Crippen molar-refractivity contribution in [1.29, 1.82) is 0 Å². The van der Waals surface area contributed by atoms with Crippen molar-refractivity contribution in [1.82, 2.24) is 5.32 Å². The molecule has 1 saturated heterocycles. The largest absolute Gasteiger partial charge is 0.323 e. The van der Waals surface area contributed by atoms with Gasteiger partial charge in [0.15, 0.2) is 0 Å². The summed E-state index contributed by atoms with van der Waals surface area (Å²) in [7, 11) is 0. The molecule has 0 radical (unpaired) electrons. The molecule has 3 rings (SSSR count). The van der Waals surface area contributed by atoms with Crippen LogP contribution < -0.4 is 10.6 Å². The number of carbonyl (C=O) groups excluding carboxylic acids is 1. The minimum Gasteiger partial charge on any atom is -0.323 e. The number of benzene rings is 1. The molecule has 0 aromatic heterocycles. The van der Waals surface area contributed by atoms with Crippen LogP contribution in [-0.2, 0) is 4.79 Å². The van der Waals surface area contributed by atoms with Crippen LogP contribution in [0.25, 0.3) is 0 Å². The van der Waals surface area contributed by atoms with Crippen molar-refractivity contribution in [2.45, 2.75) is 32.6 Å². The van der Waals surface area contributed by atoms with E-state index in [1.807, 2.05) is 6.92 Å². The zero-order valence-electron chi connectivity index (χ0n) is 11.8. The van der Waals surface area contributed by atoms with Gasteiger partial charge in [-0.3, -0.25) is 4.79 Å². The molecule has 1 aromatic rings. The second kappa shape index (κ2) is 5.17. The Labute approximate surface area is 118 Å². The van der Waals surface area contributed by atoms with Crippen LogP contribution in [0, 0.1) is 24.1 Å². The Bertz CT molecular complexity index is 531. The number of rotatable bonds is 2. The minimum absolute atomic E-state index is 0.0169. The Hall–Kier alpha value is -1.42. The van der Waals surface area contributed by atoms with Gasteiger partial charge in [-0.25, -0.2) is 4.39 Å². The number of fused-ring (bicyclic) bond motifs is 1. The zero-order valence-corrected chi connectivity index (χ0v) is 11.8. The average molecular weight is 276 g/mol. The summed E-state index contributed by atoms with van der Waals surface area (Å²) in [4.78, 5) is 12.7. The van der Waals surface area contributed by atoms with Gasteiger partial charge in [-0.2, -0.15) is 0 Å². The fourth-order valence-electron chi connectivity index (χ4n) is 3.67. The first-order valence-corrected chi connectivity index (χ1v) is 7.40. The van der Waals surface area contributed by atoms with Gasteiger partial charge in [0.1, 0.15) is 5.82 Å². The molecular formula is C16H21FN2O. The van der Waals surface area contributed by atoms with Crippen molar-refractivity contribution < 1.29 is 9.18 Å². The third-order valence-electron chi connectivity index (χ3n) is 4.86. The first-order valence-electron chi connectivity index (χ1n) is 7.40. The molecule has 1 saturated carbocycles. The molecular weight excluding hydrogens is 255 g/mol. The first-order chi connectivity index (χ1) is 9.62. The summed E-state index contributed by atoms with van der Waals surface area (Å²) < 4.78 is 13.8. The molecule has 0 spiro atoms. The molecule has 2 atom stereocenters. The number of aryl methyl sites for hydroxylation is 1. The van der Waals surface area contributed by atoms with E-state index >= 15 is 0 Å². The minimum atomic E-state index is -0.362. The number of hydrogen-bond donors (Lipinski definition) is 2. The standard InChI is InChI=1S/C16H21FN2O/c1-11-5-6-13(17)14(8-11)19-15(20)16-7-3-2-4-12(16)9-18-10-16/h5-6,8,12,18H,2-4,7,9-10H2,1H3,(H,19,20)/t12-,16+/m0/s1. The van der Waals surface area contributed by atoms with Crippen LogP contribution in [0.1, 0.15) is 31.2 Å². The van der Waals surface area contributed by atoms with Crippen molar-refractivity contribution in [3.05, 3.63) is 29.6 Å². The number of halogens is 1. The maximum Gasteiger partial charge on any atom is 0.232 e. The lowest BCUT2D eigenvalue weighted by molar-refractivity contribution is -0.128. The van der Waals surface area contributed by atoms with Gasteiger partial charge in [0, 0.05) is 6.54 Å². The molecule has 2 aliphatic rings. The van der Waals surface area contributed by atoms with Crippen LogP contribution in [0.4, 0.5) is 10.1 Å². The average Bonchev–Trinajstić information content (AvgIpc) is 2.88. The van der Waals surface area contributed by atoms with Crippen LogP contribution in [0.15, 0.2) is 18.2 Å². The molecule has 1 heterocycles. The van der Waals surface area contributed by atoms with Crippen LogP contribution in [0.2, 0.25) is 0 Å². The summed E-state index contributed by atoms with van der Waals surface area (Å²) in [5, 5.41) is 6.17. The molecule has 108 valence electrons. The van der Waals surface area contributed by atoms with Gasteiger partial charge in [-0.05, 0) is 49.9 Å². The highest BCUT2D eigenvalue weighted by molar-refractivity contribution is 5.96. The fraction of sp³-hybridized carbons (Fsp3) is 0.562. The Morgan fingerprint density at radius 3 is 3.15 bits per heavy atom. The van der Waals surface area contributed by atoms with Gasteiger partial charge >= 0.3 is 0 Å². The quantitative estimate of drug-likeness (QED) is 0.872. The monoisotopic (exact) mass is 276 g/mol. The first kappa shape index (κ1) is 13.6. The lowest BCUT2D eigenvalue weighted by Gasteiger charge is -2.37. The Morgan fingerprint density at radius 1 is 1.45 bits per heavy atom. The van der Waals surface area contributed by atoms with E-state index in [0.29, 0.717) is 11.6 Å². The second-order valence-corrected chi connectivity index (χ2v) is 6.17. The zero-order chi connectivity index (χ0) is 14.2. The van der Waals surface area contributed by atoms with Crippen LogP contribution in [-0.4, -0.2) is 19.0 Å². The van der Waals surface area contributed by atoms with E-state index in [1.165, 1.54) is 12.5 Å². The highest BCUT2D eigenvalue weighted by atomic mass is 19.1. The molecule has 0 bridgehead atoms. The summed E-state index contributed by atoms with van der Waals surface area (Å²) in [5.41, 5.74) is 0.915.